The lowest BCUT2D eigenvalue weighted by Crippen LogP contribution is -2.28. The van der Waals surface area contributed by atoms with Gasteiger partial charge in [0.1, 0.15) is 0 Å². The van der Waals surface area contributed by atoms with Gasteiger partial charge in [-0.2, -0.15) is 0 Å². The van der Waals surface area contributed by atoms with Crippen LogP contribution in [0.3, 0.4) is 0 Å². The number of hydrogen-bond donors (Lipinski definition) is 1. The van der Waals surface area contributed by atoms with Crippen LogP contribution in [0.25, 0.3) is 10.9 Å². The molecule has 0 aliphatic carbocycles. The van der Waals surface area contributed by atoms with Crippen molar-refractivity contribution in [3.8, 4) is 0 Å². The molecule has 1 heterocycles. The van der Waals surface area contributed by atoms with E-state index in [0.29, 0.717) is 40.8 Å². The molecule has 1 aromatic carbocycles. The van der Waals surface area contributed by atoms with E-state index in [1.165, 1.54) is 16.3 Å². The molecular weight excluding hydrogens is 350 g/mol. The number of halogens is 1. The molecule has 6 nitrogen and oxygen atoms in total. The van der Waals surface area contributed by atoms with Gasteiger partial charge in [-0.15, -0.1) is 0 Å². The van der Waals surface area contributed by atoms with Crippen molar-refractivity contribution < 1.29 is 9.53 Å². The molecule has 130 valence electrons. The van der Waals surface area contributed by atoms with Crippen molar-refractivity contribution in [2.45, 2.75) is 25.0 Å². The SMILES string of the molecule is CCCNC(=O)CSc1nc2cc(Cl)ccc2c(=O)n1CCOC. The van der Waals surface area contributed by atoms with Crippen molar-refractivity contribution in [2.24, 2.45) is 0 Å². The summed E-state index contributed by atoms with van der Waals surface area (Å²) < 4.78 is 6.61. The predicted octanol–water partition coefficient (Wildman–Crippen LogP) is 2.31. The van der Waals surface area contributed by atoms with Crippen LogP contribution in [0.4, 0.5) is 0 Å². The summed E-state index contributed by atoms with van der Waals surface area (Å²) in [6.07, 6.45) is 0.877. The van der Waals surface area contributed by atoms with E-state index >= 15 is 0 Å². The quantitative estimate of drug-likeness (QED) is 0.571. The van der Waals surface area contributed by atoms with Crippen molar-refractivity contribution in [1.29, 1.82) is 0 Å². The van der Waals surface area contributed by atoms with Crippen LogP contribution < -0.4 is 10.9 Å². The number of thioether (sulfide) groups is 1. The van der Waals surface area contributed by atoms with Crippen LogP contribution in [0.1, 0.15) is 13.3 Å². The van der Waals surface area contributed by atoms with Crippen molar-refractivity contribution >= 4 is 40.2 Å². The summed E-state index contributed by atoms with van der Waals surface area (Å²) in [5.41, 5.74) is 0.364. The zero-order chi connectivity index (χ0) is 17.5. The molecule has 0 saturated heterocycles. The van der Waals surface area contributed by atoms with Gasteiger partial charge in [0.05, 0.1) is 29.8 Å². The van der Waals surface area contributed by atoms with E-state index in [-0.39, 0.29) is 17.2 Å². The van der Waals surface area contributed by atoms with Crippen LogP contribution in [0.2, 0.25) is 5.02 Å². The van der Waals surface area contributed by atoms with E-state index in [2.05, 4.69) is 10.3 Å². The Morgan fingerprint density at radius 3 is 2.96 bits per heavy atom. The lowest BCUT2D eigenvalue weighted by atomic mass is 10.2. The van der Waals surface area contributed by atoms with Gasteiger partial charge >= 0.3 is 0 Å². The third-order valence-electron chi connectivity index (χ3n) is 3.31. The van der Waals surface area contributed by atoms with Crippen LogP contribution in [-0.4, -0.2) is 41.5 Å². The van der Waals surface area contributed by atoms with E-state index in [9.17, 15) is 9.59 Å². The Bertz CT molecular complexity index is 779. The fourth-order valence-electron chi connectivity index (χ4n) is 2.11. The molecule has 0 aliphatic heterocycles. The van der Waals surface area contributed by atoms with Gasteiger partial charge in [-0.1, -0.05) is 30.3 Å². The number of rotatable bonds is 8. The maximum Gasteiger partial charge on any atom is 0.262 e. The van der Waals surface area contributed by atoms with E-state index < -0.39 is 0 Å². The Morgan fingerprint density at radius 2 is 2.25 bits per heavy atom. The molecule has 0 aliphatic rings. The number of fused-ring (bicyclic) bond motifs is 1. The number of hydrogen-bond acceptors (Lipinski definition) is 5. The first-order chi connectivity index (χ1) is 11.6. The molecular formula is C16H20ClN3O3S. The van der Waals surface area contributed by atoms with Crippen LogP contribution in [-0.2, 0) is 16.1 Å². The van der Waals surface area contributed by atoms with Crippen molar-refractivity contribution in [2.75, 3.05) is 26.0 Å². The maximum atomic E-state index is 12.7. The summed E-state index contributed by atoms with van der Waals surface area (Å²) in [6, 6.07) is 4.98. The third kappa shape index (κ3) is 4.72. The van der Waals surface area contributed by atoms with Gasteiger partial charge in [0, 0.05) is 18.7 Å². The Kier molecular flexibility index (Phi) is 7.08. The first-order valence-corrected chi connectivity index (χ1v) is 9.01. The van der Waals surface area contributed by atoms with Crippen LogP contribution in [0.15, 0.2) is 28.2 Å². The number of carbonyl (C=O) groups excluding carboxylic acids is 1. The summed E-state index contributed by atoms with van der Waals surface area (Å²) in [4.78, 5) is 29.0. The third-order valence-corrected chi connectivity index (χ3v) is 4.52. The second kappa shape index (κ2) is 9.05. The summed E-state index contributed by atoms with van der Waals surface area (Å²) in [5.74, 6) is 0.117. The molecule has 24 heavy (non-hydrogen) atoms. The minimum Gasteiger partial charge on any atom is -0.383 e. The average Bonchev–Trinajstić information content (AvgIpc) is 2.57. The smallest absolute Gasteiger partial charge is 0.262 e. The van der Waals surface area contributed by atoms with Crippen LogP contribution >= 0.6 is 23.4 Å². The Morgan fingerprint density at radius 1 is 1.46 bits per heavy atom. The standard InChI is InChI=1S/C16H20ClN3O3S/c1-3-6-18-14(21)10-24-16-19-13-9-11(17)4-5-12(13)15(22)20(16)7-8-23-2/h4-5,9H,3,6-8,10H2,1-2H3,(H,18,21). The highest BCUT2D eigenvalue weighted by molar-refractivity contribution is 7.99. The predicted molar refractivity (Wildman–Crippen MR) is 96.9 cm³/mol. The summed E-state index contributed by atoms with van der Waals surface area (Å²) >= 11 is 7.22. The number of nitrogens with one attached hydrogen (secondary N) is 1. The first kappa shape index (κ1) is 18.8. The van der Waals surface area contributed by atoms with Gasteiger partial charge in [0.15, 0.2) is 5.16 Å². The summed E-state index contributed by atoms with van der Waals surface area (Å²) in [7, 11) is 1.57. The molecule has 0 atom stereocenters. The van der Waals surface area contributed by atoms with Gasteiger partial charge in [-0.05, 0) is 24.6 Å². The number of methoxy groups -OCH3 is 1. The molecule has 1 amide bonds. The largest absolute Gasteiger partial charge is 0.383 e. The molecule has 1 aromatic heterocycles. The molecule has 1 N–H and O–H groups in total. The van der Waals surface area contributed by atoms with Gasteiger partial charge in [0.2, 0.25) is 5.91 Å². The summed E-state index contributed by atoms with van der Waals surface area (Å²) in [6.45, 7) is 3.39. The average molecular weight is 370 g/mol. The van der Waals surface area contributed by atoms with Crippen molar-refractivity contribution in [3.63, 3.8) is 0 Å². The lowest BCUT2D eigenvalue weighted by molar-refractivity contribution is -0.118. The Balaban J connectivity index is 2.34. The van der Waals surface area contributed by atoms with Crippen molar-refractivity contribution in [3.05, 3.63) is 33.6 Å². The maximum absolute atomic E-state index is 12.7. The molecule has 2 rings (SSSR count). The topological polar surface area (TPSA) is 73.2 Å². The number of amides is 1. The highest BCUT2D eigenvalue weighted by Crippen LogP contribution is 2.20. The lowest BCUT2D eigenvalue weighted by Gasteiger charge is -2.13. The van der Waals surface area contributed by atoms with Crippen LogP contribution in [0.5, 0.6) is 0 Å². The molecule has 8 heteroatoms. The molecule has 0 bridgehead atoms. The first-order valence-electron chi connectivity index (χ1n) is 7.65. The van der Waals surface area contributed by atoms with Gasteiger partial charge < -0.3 is 10.1 Å². The highest BCUT2D eigenvalue weighted by Gasteiger charge is 2.13. The molecule has 0 fully saturated rings. The number of ether oxygens (including phenoxy) is 1. The van der Waals surface area contributed by atoms with Crippen LogP contribution in [0, 0.1) is 0 Å². The Labute approximate surface area is 149 Å². The van der Waals surface area contributed by atoms with E-state index in [4.69, 9.17) is 16.3 Å². The zero-order valence-electron chi connectivity index (χ0n) is 13.7. The van der Waals surface area contributed by atoms with Gasteiger partial charge in [0.25, 0.3) is 5.56 Å². The fraction of sp³-hybridized carbons (Fsp3) is 0.438. The molecule has 0 saturated carbocycles. The van der Waals surface area contributed by atoms with E-state index in [1.54, 1.807) is 25.3 Å². The second-order valence-corrected chi connectivity index (χ2v) is 6.52. The molecule has 0 unspecified atom stereocenters. The highest BCUT2D eigenvalue weighted by atomic mass is 35.5. The number of carbonyl (C=O) groups is 1. The molecule has 0 radical (unpaired) electrons. The zero-order valence-corrected chi connectivity index (χ0v) is 15.2. The number of benzene rings is 1. The van der Waals surface area contributed by atoms with Crippen molar-refractivity contribution in [1.82, 2.24) is 14.9 Å². The minimum absolute atomic E-state index is 0.0828. The molecule has 0 spiro atoms. The summed E-state index contributed by atoms with van der Waals surface area (Å²) in [5, 5.41) is 4.30. The van der Waals surface area contributed by atoms with E-state index in [0.717, 1.165) is 6.42 Å². The van der Waals surface area contributed by atoms with Gasteiger partial charge in [-0.3, -0.25) is 14.2 Å². The Hall–Kier alpha value is -1.57. The number of nitrogens with zero attached hydrogens (tertiary/aromatic N) is 2. The number of aromatic nitrogens is 2. The monoisotopic (exact) mass is 369 g/mol. The second-order valence-electron chi connectivity index (χ2n) is 5.14. The fourth-order valence-corrected chi connectivity index (χ4v) is 3.13. The van der Waals surface area contributed by atoms with Gasteiger partial charge in [-0.25, -0.2) is 4.98 Å². The molecule has 2 aromatic rings. The normalized spacial score (nSPS) is 11.0. The minimum atomic E-state index is -0.162. The van der Waals surface area contributed by atoms with E-state index in [1.807, 2.05) is 6.92 Å².